The lowest BCUT2D eigenvalue weighted by atomic mass is 10.2. The second-order valence-electron chi connectivity index (χ2n) is 4.87. The molecule has 110 valence electrons. The van der Waals surface area contributed by atoms with Gasteiger partial charge in [-0.2, -0.15) is 0 Å². The monoisotopic (exact) mass is 287 g/mol. The molecule has 0 aliphatic carbocycles. The van der Waals surface area contributed by atoms with Crippen LogP contribution in [0.5, 0.6) is 5.75 Å². The van der Waals surface area contributed by atoms with E-state index >= 15 is 0 Å². The van der Waals surface area contributed by atoms with Crippen LogP contribution in [-0.2, 0) is 4.74 Å². The van der Waals surface area contributed by atoms with Crippen molar-refractivity contribution in [1.82, 2.24) is 0 Å². The average molecular weight is 287 g/mol. The summed E-state index contributed by atoms with van der Waals surface area (Å²) in [5.41, 5.74) is 0.622. The number of hydrogen-bond donors (Lipinski definition) is 1. The molecule has 1 saturated heterocycles. The number of benzene rings is 1. The van der Waals surface area contributed by atoms with Gasteiger partial charge in [-0.1, -0.05) is 12.1 Å². The summed E-state index contributed by atoms with van der Waals surface area (Å²) in [6.45, 7) is 1.29. The summed E-state index contributed by atoms with van der Waals surface area (Å²) < 4.78 is 16.4. The van der Waals surface area contributed by atoms with Gasteiger partial charge >= 0.3 is 0 Å². The van der Waals surface area contributed by atoms with Crippen molar-refractivity contribution in [2.75, 3.05) is 18.5 Å². The van der Waals surface area contributed by atoms with Crippen molar-refractivity contribution in [2.24, 2.45) is 0 Å². The summed E-state index contributed by atoms with van der Waals surface area (Å²) in [6.07, 6.45) is 3.69. The van der Waals surface area contributed by atoms with Crippen molar-refractivity contribution in [1.29, 1.82) is 0 Å². The molecule has 2 aromatic rings. The van der Waals surface area contributed by atoms with Gasteiger partial charge in [-0.15, -0.1) is 0 Å². The second-order valence-corrected chi connectivity index (χ2v) is 4.87. The van der Waals surface area contributed by atoms with Crippen molar-refractivity contribution in [3.8, 4) is 5.75 Å². The fraction of sp³-hybridized carbons (Fsp3) is 0.312. The van der Waals surface area contributed by atoms with Crippen LogP contribution in [0.1, 0.15) is 23.4 Å². The first-order valence-electron chi connectivity index (χ1n) is 7.01. The highest BCUT2D eigenvalue weighted by Gasteiger charge is 2.17. The van der Waals surface area contributed by atoms with Gasteiger partial charge in [-0.3, -0.25) is 4.79 Å². The van der Waals surface area contributed by atoms with Gasteiger partial charge in [0.1, 0.15) is 12.4 Å². The van der Waals surface area contributed by atoms with Crippen LogP contribution < -0.4 is 10.1 Å². The van der Waals surface area contributed by atoms with Crippen LogP contribution in [-0.4, -0.2) is 25.2 Å². The van der Waals surface area contributed by atoms with E-state index in [2.05, 4.69) is 5.32 Å². The van der Waals surface area contributed by atoms with E-state index in [-0.39, 0.29) is 17.8 Å². The highest BCUT2D eigenvalue weighted by atomic mass is 16.5. The number of carbonyl (C=O) groups is 1. The zero-order valence-electron chi connectivity index (χ0n) is 11.6. The van der Waals surface area contributed by atoms with Gasteiger partial charge in [-0.25, -0.2) is 0 Å². The van der Waals surface area contributed by atoms with Crippen LogP contribution >= 0.6 is 0 Å². The summed E-state index contributed by atoms with van der Waals surface area (Å²) in [7, 11) is 0. The van der Waals surface area contributed by atoms with Gasteiger partial charge in [0.05, 0.1) is 18.1 Å². The molecule has 1 aromatic heterocycles. The molecule has 0 spiro atoms. The lowest BCUT2D eigenvalue weighted by molar-refractivity contribution is 0.0681. The quantitative estimate of drug-likeness (QED) is 0.918. The Morgan fingerprint density at radius 1 is 1.29 bits per heavy atom. The molecule has 1 aliphatic heterocycles. The third kappa shape index (κ3) is 3.44. The highest BCUT2D eigenvalue weighted by molar-refractivity contribution is 6.03. The van der Waals surface area contributed by atoms with Gasteiger partial charge in [0, 0.05) is 6.61 Å². The number of anilines is 1. The molecule has 1 fully saturated rings. The molecule has 21 heavy (non-hydrogen) atoms. The molecule has 1 N–H and O–H groups in total. The first-order valence-corrected chi connectivity index (χ1v) is 7.01. The topological polar surface area (TPSA) is 60.7 Å². The Hall–Kier alpha value is -2.27. The summed E-state index contributed by atoms with van der Waals surface area (Å²) in [4.78, 5) is 12.0. The largest absolute Gasteiger partial charge is 0.489 e. The van der Waals surface area contributed by atoms with Crippen molar-refractivity contribution in [3.05, 3.63) is 48.4 Å². The third-order valence-electron chi connectivity index (χ3n) is 3.33. The Labute approximate surface area is 122 Å². The molecule has 0 bridgehead atoms. The Balaban J connectivity index is 1.65. The summed E-state index contributed by atoms with van der Waals surface area (Å²) in [6, 6.07) is 10.6. The van der Waals surface area contributed by atoms with E-state index in [0.29, 0.717) is 18.0 Å². The lowest BCUT2D eigenvalue weighted by Gasteiger charge is -2.14. The molecule has 1 aromatic carbocycles. The predicted molar refractivity (Wildman–Crippen MR) is 77.6 cm³/mol. The summed E-state index contributed by atoms with van der Waals surface area (Å²) >= 11 is 0. The fourth-order valence-electron chi connectivity index (χ4n) is 2.25. The second kappa shape index (κ2) is 6.45. The van der Waals surface area contributed by atoms with Crippen LogP contribution in [0.4, 0.5) is 5.69 Å². The van der Waals surface area contributed by atoms with E-state index in [4.69, 9.17) is 13.9 Å². The van der Waals surface area contributed by atoms with Gasteiger partial charge in [0.15, 0.2) is 5.76 Å². The molecular weight excluding hydrogens is 270 g/mol. The molecule has 2 heterocycles. The van der Waals surface area contributed by atoms with Crippen molar-refractivity contribution in [3.63, 3.8) is 0 Å². The maximum absolute atomic E-state index is 12.0. The molecule has 1 aliphatic rings. The summed E-state index contributed by atoms with van der Waals surface area (Å²) in [5, 5.41) is 2.79. The van der Waals surface area contributed by atoms with Crippen molar-refractivity contribution >= 4 is 11.6 Å². The van der Waals surface area contributed by atoms with Gasteiger partial charge in [-0.05, 0) is 37.1 Å². The van der Waals surface area contributed by atoms with Gasteiger partial charge in [0.25, 0.3) is 5.91 Å². The van der Waals surface area contributed by atoms with Crippen LogP contribution in [0.2, 0.25) is 0 Å². The molecule has 5 nitrogen and oxygen atoms in total. The van der Waals surface area contributed by atoms with Crippen LogP contribution in [0, 0.1) is 0 Å². The van der Waals surface area contributed by atoms with Crippen molar-refractivity contribution in [2.45, 2.75) is 18.9 Å². The van der Waals surface area contributed by atoms with E-state index in [1.54, 1.807) is 18.2 Å². The molecule has 5 heteroatoms. The highest BCUT2D eigenvalue weighted by Crippen LogP contribution is 2.25. The molecule has 0 saturated carbocycles. The minimum Gasteiger partial charge on any atom is -0.489 e. The lowest BCUT2D eigenvalue weighted by Crippen LogP contribution is -2.18. The number of furan rings is 1. The zero-order valence-corrected chi connectivity index (χ0v) is 11.6. The van der Waals surface area contributed by atoms with E-state index in [1.807, 2.05) is 18.2 Å². The fourth-order valence-corrected chi connectivity index (χ4v) is 2.25. The predicted octanol–water partition coefficient (Wildman–Crippen LogP) is 3.09. The first kappa shape index (κ1) is 13.7. The smallest absolute Gasteiger partial charge is 0.291 e. The standard InChI is InChI=1S/C16H17NO4/c18-16(15-8-4-10-20-15)17-13-6-1-2-7-14(13)21-11-12-5-3-9-19-12/h1-2,4,6-8,10,12H,3,5,9,11H2,(H,17,18). The molecule has 1 amide bonds. The van der Waals surface area contributed by atoms with Gasteiger partial charge < -0.3 is 19.2 Å². The van der Waals surface area contributed by atoms with Crippen LogP contribution in [0.25, 0.3) is 0 Å². The Morgan fingerprint density at radius 3 is 2.95 bits per heavy atom. The van der Waals surface area contributed by atoms with Crippen LogP contribution in [0.15, 0.2) is 47.1 Å². The maximum Gasteiger partial charge on any atom is 0.291 e. The Bertz CT molecular complexity index is 588. The number of carbonyl (C=O) groups excluding carboxylic acids is 1. The molecule has 3 rings (SSSR count). The van der Waals surface area contributed by atoms with Crippen LogP contribution in [0.3, 0.4) is 0 Å². The number of hydrogen-bond acceptors (Lipinski definition) is 4. The van der Waals surface area contributed by atoms with E-state index in [1.165, 1.54) is 6.26 Å². The first-order chi connectivity index (χ1) is 10.3. The van der Waals surface area contributed by atoms with Crippen molar-refractivity contribution < 1.29 is 18.7 Å². The average Bonchev–Trinajstić information content (AvgIpc) is 3.20. The normalized spacial score (nSPS) is 17.6. The molecule has 1 unspecified atom stereocenters. The number of para-hydroxylation sites is 2. The maximum atomic E-state index is 12.0. The number of rotatable bonds is 5. The van der Waals surface area contributed by atoms with Gasteiger partial charge in [0.2, 0.25) is 0 Å². The molecular formula is C16H17NO4. The molecule has 0 radical (unpaired) electrons. The SMILES string of the molecule is O=C(Nc1ccccc1OCC1CCCO1)c1ccco1. The Kier molecular flexibility index (Phi) is 4.21. The number of nitrogens with one attached hydrogen (secondary N) is 1. The number of amides is 1. The summed E-state index contributed by atoms with van der Waals surface area (Å²) in [5.74, 6) is 0.602. The minimum atomic E-state index is -0.298. The van der Waals surface area contributed by atoms with E-state index in [9.17, 15) is 4.79 Å². The number of ether oxygens (including phenoxy) is 2. The molecule has 1 atom stereocenters. The van der Waals surface area contributed by atoms with E-state index in [0.717, 1.165) is 19.4 Å². The Morgan fingerprint density at radius 2 is 2.19 bits per heavy atom. The van der Waals surface area contributed by atoms with E-state index < -0.39 is 0 Å². The minimum absolute atomic E-state index is 0.138. The third-order valence-corrected chi connectivity index (χ3v) is 3.33. The zero-order chi connectivity index (χ0) is 14.5.